The van der Waals surface area contributed by atoms with E-state index in [0.717, 1.165) is 25.3 Å². The van der Waals surface area contributed by atoms with Crippen LogP contribution in [0.2, 0.25) is 0 Å². The summed E-state index contributed by atoms with van der Waals surface area (Å²) in [5.41, 5.74) is 1.94. The average molecular weight is 273 g/mol. The first-order valence-electron chi connectivity index (χ1n) is 7.17. The topological polar surface area (TPSA) is 57.8 Å². The molecule has 1 saturated heterocycles. The van der Waals surface area contributed by atoms with Crippen molar-refractivity contribution < 1.29 is 9.90 Å². The van der Waals surface area contributed by atoms with Crippen LogP contribution in [0.15, 0.2) is 24.4 Å². The molecule has 0 atom stereocenters. The molecule has 0 aromatic carbocycles. The summed E-state index contributed by atoms with van der Waals surface area (Å²) in [5, 5.41) is 9.31. The quantitative estimate of drug-likeness (QED) is 0.933. The minimum atomic E-state index is -0.911. The van der Waals surface area contributed by atoms with Crippen molar-refractivity contribution >= 4 is 11.6 Å². The van der Waals surface area contributed by atoms with Crippen LogP contribution >= 0.6 is 0 Å². The standard InChI is InChI=1S/C15H19N3O2/c19-15(20)13-6-5-7-14-16-10-12(18(13)14)11-17-8-3-1-2-4-9-17/h5-7,10H,1-4,8-9,11H2,(H,19,20). The second-order valence-electron chi connectivity index (χ2n) is 5.35. The zero-order valence-corrected chi connectivity index (χ0v) is 11.5. The number of pyridine rings is 1. The highest BCUT2D eigenvalue weighted by atomic mass is 16.4. The fraction of sp³-hybridized carbons (Fsp3) is 0.467. The number of imidazole rings is 1. The molecule has 3 heterocycles. The van der Waals surface area contributed by atoms with Gasteiger partial charge in [-0.25, -0.2) is 9.78 Å². The van der Waals surface area contributed by atoms with Crippen LogP contribution in [-0.4, -0.2) is 38.4 Å². The molecule has 1 N–H and O–H groups in total. The number of hydrogen-bond acceptors (Lipinski definition) is 3. The summed E-state index contributed by atoms with van der Waals surface area (Å²) in [5.74, 6) is -0.911. The fourth-order valence-electron chi connectivity index (χ4n) is 2.90. The number of aromatic carboxylic acids is 1. The molecule has 2 aromatic rings. The highest BCUT2D eigenvalue weighted by molar-refractivity contribution is 5.86. The molecule has 5 nitrogen and oxygen atoms in total. The van der Waals surface area contributed by atoms with Gasteiger partial charge in [-0.1, -0.05) is 18.9 Å². The minimum Gasteiger partial charge on any atom is -0.477 e. The minimum absolute atomic E-state index is 0.282. The van der Waals surface area contributed by atoms with Crippen LogP contribution < -0.4 is 0 Å². The lowest BCUT2D eigenvalue weighted by atomic mass is 10.2. The van der Waals surface area contributed by atoms with Crippen LogP contribution in [0.25, 0.3) is 5.65 Å². The van der Waals surface area contributed by atoms with Crippen molar-refractivity contribution in [2.75, 3.05) is 13.1 Å². The first kappa shape index (κ1) is 13.1. The molecule has 0 amide bonds. The Hall–Kier alpha value is -1.88. The summed E-state index contributed by atoms with van der Waals surface area (Å²) in [6, 6.07) is 5.21. The zero-order valence-electron chi connectivity index (χ0n) is 11.5. The predicted molar refractivity (Wildman–Crippen MR) is 75.9 cm³/mol. The lowest BCUT2D eigenvalue weighted by molar-refractivity contribution is 0.0688. The summed E-state index contributed by atoms with van der Waals surface area (Å²) in [6.07, 6.45) is 6.84. The van der Waals surface area contributed by atoms with Gasteiger partial charge >= 0.3 is 5.97 Å². The van der Waals surface area contributed by atoms with Gasteiger partial charge in [0.25, 0.3) is 0 Å². The molecule has 2 aromatic heterocycles. The Morgan fingerprint density at radius 1 is 1.20 bits per heavy atom. The van der Waals surface area contributed by atoms with Crippen molar-refractivity contribution in [3.05, 3.63) is 35.8 Å². The van der Waals surface area contributed by atoms with E-state index < -0.39 is 5.97 Å². The third-order valence-corrected chi connectivity index (χ3v) is 3.91. The summed E-state index contributed by atoms with van der Waals surface area (Å²) >= 11 is 0. The van der Waals surface area contributed by atoms with Gasteiger partial charge in [0.1, 0.15) is 11.3 Å². The second-order valence-corrected chi connectivity index (χ2v) is 5.35. The van der Waals surface area contributed by atoms with Gasteiger partial charge in [0.2, 0.25) is 0 Å². The highest BCUT2D eigenvalue weighted by Gasteiger charge is 2.16. The number of hydrogen-bond donors (Lipinski definition) is 1. The molecule has 0 radical (unpaired) electrons. The molecular formula is C15H19N3O2. The van der Waals surface area contributed by atoms with E-state index in [9.17, 15) is 9.90 Å². The van der Waals surface area contributed by atoms with Crippen molar-refractivity contribution in [1.82, 2.24) is 14.3 Å². The number of rotatable bonds is 3. The molecule has 20 heavy (non-hydrogen) atoms. The van der Waals surface area contributed by atoms with Crippen molar-refractivity contribution in [2.45, 2.75) is 32.2 Å². The molecule has 5 heteroatoms. The third-order valence-electron chi connectivity index (χ3n) is 3.91. The van der Waals surface area contributed by atoms with E-state index >= 15 is 0 Å². The van der Waals surface area contributed by atoms with E-state index in [4.69, 9.17) is 0 Å². The Balaban J connectivity index is 1.93. The lowest BCUT2D eigenvalue weighted by Crippen LogP contribution is -2.25. The van der Waals surface area contributed by atoms with E-state index in [0.29, 0.717) is 5.65 Å². The van der Waals surface area contributed by atoms with E-state index in [-0.39, 0.29) is 5.69 Å². The zero-order chi connectivity index (χ0) is 13.9. The molecule has 0 saturated carbocycles. The highest BCUT2D eigenvalue weighted by Crippen LogP contribution is 2.16. The maximum atomic E-state index is 11.4. The maximum Gasteiger partial charge on any atom is 0.352 e. The molecule has 0 spiro atoms. The van der Waals surface area contributed by atoms with Crippen LogP contribution in [-0.2, 0) is 6.54 Å². The molecule has 1 aliphatic rings. The van der Waals surface area contributed by atoms with E-state index in [1.807, 2.05) is 6.07 Å². The number of carboxylic acid groups (broad SMARTS) is 1. The molecule has 0 bridgehead atoms. The van der Waals surface area contributed by atoms with Crippen molar-refractivity contribution in [1.29, 1.82) is 0 Å². The smallest absolute Gasteiger partial charge is 0.352 e. The van der Waals surface area contributed by atoms with Crippen LogP contribution in [0.3, 0.4) is 0 Å². The first-order chi connectivity index (χ1) is 9.75. The van der Waals surface area contributed by atoms with Gasteiger partial charge in [0.05, 0.1) is 11.9 Å². The normalized spacial score (nSPS) is 17.2. The predicted octanol–water partition coefficient (Wildman–Crippen LogP) is 2.41. The van der Waals surface area contributed by atoms with Gasteiger partial charge in [-0.3, -0.25) is 9.30 Å². The first-order valence-corrected chi connectivity index (χ1v) is 7.17. The van der Waals surface area contributed by atoms with Crippen LogP contribution in [0, 0.1) is 0 Å². The van der Waals surface area contributed by atoms with Crippen molar-refractivity contribution in [2.24, 2.45) is 0 Å². The number of carbonyl (C=O) groups is 1. The molecular weight excluding hydrogens is 254 g/mol. The van der Waals surface area contributed by atoms with Gasteiger partial charge in [-0.15, -0.1) is 0 Å². The summed E-state index contributed by atoms with van der Waals surface area (Å²) in [6.45, 7) is 2.94. The lowest BCUT2D eigenvalue weighted by Gasteiger charge is -2.19. The molecule has 1 fully saturated rings. The number of nitrogens with zero attached hydrogens (tertiary/aromatic N) is 3. The summed E-state index contributed by atoms with van der Waals surface area (Å²) < 4.78 is 1.76. The van der Waals surface area contributed by atoms with Gasteiger partial charge in [0.15, 0.2) is 0 Å². The van der Waals surface area contributed by atoms with E-state index in [2.05, 4.69) is 9.88 Å². The van der Waals surface area contributed by atoms with Crippen LogP contribution in [0.4, 0.5) is 0 Å². The third kappa shape index (κ3) is 2.54. The van der Waals surface area contributed by atoms with Crippen LogP contribution in [0.1, 0.15) is 41.9 Å². The van der Waals surface area contributed by atoms with Crippen molar-refractivity contribution in [3.63, 3.8) is 0 Å². The Kier molecular flexibility index (Phi) is 3.69. The number of aromatic nitrogens is 2. The Morgan fingerprint density at radius 3 is 2.65 bits per heavy atom. The van der Waals surface area contributed by atoms with Crippen molar-refractivity contribution in [3.8, 4) is 0 Å². The molecule has 0 aliphatic carbocycles. The maximum absolute atomic E-state index is 11.4. The second kappa shape index (κ2) is 5.63. The molecule has 3 rings (SSSR count). The summed E-state index contributed by atoms with van der Waals surface area (Å²) in [7, 11) is 0. The van der Waals surface area contributed by atoms with E-state index in [1.54, 1.807) is 22.7 Å². The number of fused-ring (bicyclic) bond motifs is 1. The largest absolute Gasteiger partial charge is 0.477 e. The van der Waals surface area contributed by atoms with Gasteiger partial charge < -0.3 is 5.11 Å². The van der Waals surface area contributed by atoms with Gasteiger partial charge in [-0.2, -0.15) is 0 Å². The van der Waals surface area contributed by atoms with Crippen LogP contribution in [0.5, 0.6) is 0 Å². The fourth-order valence-corrected chi connectivity index (χ4v) is 2.90. The average Bonchev–Trinajstić information content (AvgIpc) is 2.68. The number of carboxylic acids is 1. The molecule has 106 valence electrons. The Morgan fingerprint density at radius 2 is 1.95 bits per heavy atom. The molecule has 1 aliphatic heterocycles. The molecule has 0 unspecified atom stereocenters. The van der Waals surface area contributed by atoms with E-state index in [1.165, 1.54) is 25.7 Å². The number of likely N-dealkylation sites (tertiary alicyclic amines) is 1. The van der Waals surface area contributed by atoms with Gasteiger partial charge in [0, 0.05) is 6.54 Å². The summed E-state index contributed by atoms with van der Waals surface area (Å²) in [4.78, 5) is 18.1. The Bertz CT molecular complexity index is 613. The SMILES string of the molecule is O=C(O)c1cccc2ncc(CN3CCCCCC3)n12. The monoisotopic (exact) mass is 273 g/mol. The van der Waals surface area contributed by atoms with Gasteiger partial charge in [-0.05, 0) is 38.1 Å². The Labute approximate surface area is 117 Å².